The molecule has 1 aliphatic carbocycles. The predicted octanol–water partition coefficient (Wildman–Crippen LogP) is -0.878. The lowest BCUT2D eigenvalue weighted by Crippen LogP contribution is -2.63. The van der Waals surface area contributed by atoms with E-state index < -0.39 is 5.92 Å². The third-order valence-electron chi connectivity index (χ3n) is 5.79. The quantitative estimate of drug-likeness (QED) is 0.347. The van der Waals surface area contributed by atoms with Crippen molar-refractivity contribution in [3.05, 3.63) is 0 Å². The highest BCUT2D eigenvalue weighted by Crippen LogP contribution is 2.31. The van der Waals surface area contributed by atoms with Gasteiger partial charge in [-0.05, 0) is 25.7 Å². The number of hydrogen-bond donors (Lipinski definition) is 4. The van der Waals surface area contributed by atoms with Crippen LogP contribution in [-0.4, -0.2) is 80.5 Å². The predicted molar refractivity (Wildman–Crippen MR) is 99.8 cm³/mol. The number of hydrogen-bond acceptors (Lipinski definition) is 8. The van der Waals surface area contributed by atoms with Crippen molar-refractivity contribution in [1.82, 2.24) is 26.4 Å². The van der Waals surface area contributed by atoms with Crippen molar-refractivity contribution in [2.45, 2.75) is 55.4 Å². The molecule has 1 saturated carbocycles. The number of rotatable bonds is 5. The van der Waals surface area contributed by atoms with Crippen LogP contribution in [0.5, 0.6) is 0 Å². The molecule has 1 amide bonds. The fraction of sp³-hybridized carbons (Fsp3) is 0.882. The molecular weight excluding hydrogens is 374 g/mol. The van der Waals surface area contributed by atoms with Crippen LogP contribution in [-0.2, 0) is 19.1 Å². The Morgan fingerprint density at radius 3 is 2.59 bits per heavy atom. The van der Waals surface area contributed by atoms with Gasteiger partial charge in [-0.15, -0.1) is 11.6 Å². The zero-order chi connectivity index (χ0) is 19.4. The first-order valence-corrected chi connectivity index (χ1v) is 9.98. The number of hydrazine groups is 1. The first kappa shape index (κ1) is 20.8. The molecule has 0 aromatic carbocycles. The second-order valence-electron chi connectivity index (χ2n) is 7.41. The standard InChI is InChI=1S/C17H30ClN5O4/c1-26-14-7-10(17(25)27-2)13(8-11(14)18)20-16(24)12-3-4-15(22-21-12)23-6-5-19-9-23/h10-15,19,21-22H,3-9H2,1-2H3,(H,20,24). The summed E-state index contributed by atoms with van der Waals surface area (Å²) in [6, 6.07) is -0.704. The minimum atomic E-state index is -0.459. The van der Waals surface area contributed by atoms with E-state index in [1.165, 1.54) is 7.11 Å². The van der Waals surface area contributed by atoms with Crippen LogP contribution in [0, 0.1) is 5.92 Å². The topological polar surface area (TPSA) is 104 Å². The normalized spacial score (nSPS) is 37.7. The van der Waals surface area contributed by atoms with E-state index in [4.69, 9.17) is 21.1 Å². The van der Waals surface area contributed by atoms with Gasteiger partial charge >= 0.3 is 5.97 Å². The molecular formula is C17H30ClN5O4. The van der Waals surface area contributed by atoms with E-state index in [1.807, 2.05) is 0 Å². The second kappa shape index (κ2) is 9.49. The van der Waals surface area contributed by atoms with Gasteiger partial charge in [0, 0.05) is 32.9 Å². The first-order chi connectivity index (χ1) is 13.0. The number of carbonyl (C=O) groups excluding carboxylic acids is 2. The maximum atomic E-state index is 12.7. The molecule has 0 aromatic heterocycles. The number of amides is 1. The Balaban J connectivity index is 1.54. The van der Waals surface area contributed by atoms with Crippen LogP contribution in [0.25, 0.3) is 0 Å². The lowest BCUT2D eigenvalue weighted by Gasteiger charge is -2.39. The molecule has 3 fully saturated rings. The summed E-state index contributed by atoms with van der Waals surface area (Å²) >= 11 is 6.38. The van der Waals surface area contributed by atoms with Gasteiger partial charge in [-0.1, -0.05) is 0 Å². The molecule has 3 rings (SSSR count). The summed E-state index contributed by atoms with van der Waals surface area (Å²) in [6.07, 6.45) is 2.49. The SMILES string of the molecule is COC(=O)C1CC(OC)C(Cl)CC1NC(=O)C1CCC(N2CCNC2)NN1. The van der Waals surface area contributed by atoms with Crippen LogP contribution < -0.4 is 21.5 Å². The summed E-state index contributed by atoms with van der Waals surface area (Å²) in [5, 5.41) is 6.05. The average Bonchev–Trinajstić information content (AvgIpc) is 3.22. The van der Waals surface area contributed by atoms with Crippen molar-refractivity contribution < 1.29 is 19.1 Å². The smallest absolute Gasteiger partial charge is 0.310 e. The molecule has 2 heterocycles. The highest BCUT2D eigenvalue weighted by atomic mass is 35.5. The van der Waals surface area contributed by atoms with Crippen LogP contribution in [0.3, 0.4) is 0 Å². The lowest BCUT2D eigenvalue weighted by atomic mass is 9.82. The molecule has 0 radical (unpaired) electrons. The van der Waals surface area contributed by atoms with E-state index in [-0.39, 0.29) is 41.6 Å². The Morgan fingerprint density at radius 1 is 1.19 bits per heavy atom. The Labute approximate surface area is 164 Å². The average molecular weight is 404 g/mol. The molecule has 9 nitrogen and oxygen atoms in total. The van der Waals surface area contributed by atoms with Crippen molar-refractivity contribution >= 4 is 23.5 Å². The van der Waals surface area contributed by atoms with Gasteiger partial charge in [-0.2, -0.15) is 0 Å². The monoisotopic (exact) mass is 403 g/mol. The maximum absolute atomic E-state index is 12.7. The summed E-state index contributed by atoms with van der Waals surface area (Å²) in [4.78, 5) is 27.2. The molecule has 27 heavy (non-hydrogen) atoms. The zero-order valence-electron chi connectivity index (χ0n) is 15.9. The Bertz CT molecular complexity index is 525. The van der Waals surface area contributed by atoms with Gasteiger partial charge in [0.15, 0.2) is 0 Å². The number of carbonyl (C=O) groups is 2. The van der Waals surface area contributed by atoms with Crippen molar-refractivity contribution in [3.8, 4) is 0 Å². The fourth-order valence-electron chi connectivity index (χ4n) is 4.15. The largest absolute Gasteiger partial charge is 0.469 e. The number of methoxy groups -OCH3 is 2. The summed E-state index contributed by atoms with van der Waals surface area (Å²) in [7, 11) is 2.94. The number of esters is 1. The number of alkyl halides is 1. The van der Waals surface area contributed by atoms with Crippen molar-refractivity contribution in [2.24, 2.45) is 5.92 Å². The number of ether oxygens (including phenoxy) is 2. The molecule has 3 aliphatic rings. The van der Waals surface area contributed by atoms with Crippen LogP contribution in [0.4, 0.5) is 0 Å². The number of nitrogens with zero attached hydrogens (tertiary/aromatic N) is 1. The number of nitrogens with one attached hydrogen (secondary N) is 4. The van der Waals surface area contributed by atoms with Crippen LogP contribution in [0.15, 0.2) is 0 Å². The highest BCUT2D eigenvalue weighted by molar-refractivity contribution is 6.21. The molecule has 2 saturated heterocycles. The van der Waals surface area contributed by atoms with Crippen molar-refractivity contribution in [3.63, 3.8) is 0 Å². The Hall–Kier alpha value is -0.970. The van der Waals surface area contributed by atoms with Crippen LogP contribution >= 0.6 is 11.6 Å². The Morgan fingerprint density at radius 2 is 2.00 bits per heavy atom. The molecule has 4 N–H and O–H groups in total. The Kier molecular flexibility index (Phi) is 7.29. The van der Waals surface area contributed by atoms with Crippen LogP contribution in [0.2, 0.25) is 0 Å². The summed E-state index contributed by atoms with van der Waals surface area (Å²) < 4.78 is 10.3. The van der Waals surface area contributed by atoms with Gasteiger partial charge in [-0.3, -0.25) is 14.5 Å². The maximum Gasteiger partial charge on any atom is 0.310 e. The summed E-state index contributed by atoms with van der Waals surface area (Å²) in [6.45, 7) is 2.84. The fourth-order valence-corrected chi connectivity index (χ4v) is 4.54. The molecule has 0 spiro atoms. The lowest BCUT2D eigenvalue weighted by molar-refractivity contribution is -0.149. The van der Waals surface area contributed by atoms with Gasteiger partial charge in [0.1, 0.15) is 6.04 Å². The van der Waals surface area contributed by atoms with Gasteiger partial charge in [0.05, 0.1) is 30.7 Å². The molecule has 10 heteroatoms. The molecule has 6 atom stereocenters. The molecule has 0 bridgehead atoms. The van der Waals surface area contributed by atoms with Gasteiger partial charge in [0.2, 0.25) is 5.91 Å². The third kappa shape index (κ3) is 4.90. The van der Waals surface area contributed by atoms with E-state index in [0.717, 1.165) is 32.6 Å². The van der Waals surface area contributed by atoms with E-state index in [9.17, 15) is 9.59 Å². The minimum Gasteiger partial charge on any atom is -0.469 e. The molecule has 154 valence electrons. The number of halogens is 1. The zero-order valence-corrected chi connectivity index (χ0v) is 16.6. The van der Waals surface area contributed by atoms with E-state index >= 15 is 0 Å². The van der Waals surface area contributed by atoms with E-state index in [2.05, 4.69) is 26.4 Å². The highest BCUT2D eigenvalue weighted by Gasteiger charge is 2.42. The van der Waals surface area contributed by atoms with Gasteiger partial charge < -0.3 is 20.1 Å². The van der Waals surface area contributed by atoms with Gasteiger partial charge in [0.25, 0.3) is 0 Å². The van der Waals surface area contributed by atoms with Crippen molar-refractivity contribution in [2.75, 3.05) is 34.0 Å². The molecule has 6 unspecified atom stereocenters. The summed E-state index contributed by atoms with van der Waals surface area (Å²) in [5.74, 6) is -0.930. The van der Waals surface area contributed by atoms with Gasteiger partial charge in [-0.25, -0.2) is 10.9 Å². The minimum absolute atomic E-state index is 0.126. The molecule has 2 aliphatic heterocycles. The second-order valence-corrected chi connectivity index (χ2v) is 7.97. The van der Waals surface area contributed by atoms with E-state index in [1.54, 1.807) is 7.11 Å². The summed E-state index contributed by atoms with van der Waals surface area (Å²) in [5.41, 5.74) is 6.36. The van der Waals surface area contributed by atoms with E-state index in [0.29, 0.717) is 12.8 Å². The third-order valence-corrected chi connectivity index (χ3v) is 6.25. The first-order valence-electron chi connectivity index (χ1n) is 9.54. The molecule has 0 aromatic rings. The van der Waals surface area contributed by atoms with Crippen molar-refractivity contribution in [1.29, 1.82) is 0 Å². The van der Waals surface area contributed by atoms with Crippen LogP contribution in [0.1, 0.15) is 25.7 Å².